The van der Waals surface area contributed by atoms with Crippen LogP contribution in [0.2, 0.25) is 0 Å². The standard InChI is InChI=1S/C20H29N3/c1-19(2)11-16(19)17-21-22-18(23(17)15-3-4-15)20-8-12-5-13(9-20)7-14(6-12)10-20/h12-16H,3-11H2,1-2H3/t12?,13?,14?,16-,20?/m1/s1. The van der Waals surface area contributed by atoms with Crippen LogP contribution in [0.15, 0.2) is 0 Å². The van der Waals surface area contributed by atoms with Crippen molar-refractivity contribution in [3.8, 4) is 0 Å². The second-order valence-corrected chi connectivity index (χ2v) is 10.4. The molecule has 6 fully saturated rings. The number of rotatable bonds is 3. The van der Waals surface area contributed by atoms with Crippen LogP contribution in [0.4, 0.5) is 0 Å². The third-order valence-electron chi connectivity index (χ3n) is 7.97. The average Bonchev–Trinajstić information content (AvgIpc) is 3.36. The van der Waals surface area contributed by atoms with Gasteiger partial charge >= 0.3 is 0 Å². The van der Waals surface area contributed by atoms with Crippen molar-refractivity contribution in [1.82, 2.24) is 14.8 Å². The lowest BCUT2D eigenvalue weighted by Gasteiger charge is -2.56. The van der Waals surface area contributed by atoms with Gasteiger partial charge in [0.15, 0.2) is 0 Å². The third-order valence-corrected chi connectivity index (χ3v) is 7.97. The molecule has 124 valence electrons. The molecule has 3 heteroatoms. The number of hydrogen-bond acceptors (Lipinski definition) is 2. The summed E-state index contributed by atoms with van der Waals surface area (Å²) >= 11 is 0. The Bertz CT molecular complexity index is 631. The summed E-state index contributed by atoms with van der Waals surface area (Å²) in [6.45, 7) is 4.79. The molecule has 0 aromatic carbocycles. The topological polar surface area (TPSA) is 30.7 Å². The molecule has 0 spiro atoms. The first-order valence-electron chi connectivity index (χ1n) is 9.99. The Hall–Kier alpha value is -0.860. The molecule has 0 N–H and O–H groups in total. The van der Waals surface area contributed by atoms with E-state index in [4.69, 9.17) is 10.2 Å². The second-order valence-electron chi connectivity index (χ2n) is 10.4. The van der Waals surface area contributed by atoms with Crippen LogP contribution in [-0.2, 0) is 5.41 Å². The quantitative estimate of drug-likeness (QED) is 0.817. The fourth-order valence-electron chi connectivity index (χ4n) is 6.89. The van der Waals surface area contributed by atoms with Gasteiger partial charge in [-0.25, -0.2) is 0 Å². The molecule has 0 radical (unpaired) electrons. The highest BCUT2D eigenvalue weighted by atomic mass is 15.3. The van der Waals surface area contributed by atoms with Crippen molar-refractivity contribution < 1.29 is 0 Å². The zero-order chi connectivity index (χ0) is 15.4. The molecule has 3 nitrogen and oxygen atoms in total. The largest absolute Gasteiger partial charge is 0.311 e. The summed E-state index contributed by atoms with van der Waals surface area (Å²) in [6.07, 6.45) is 12.8. The Kier molecular flexibility index (Phi) is 2.35. The van der Waals surface area contributed by atoms with E-state index in [1.54, 1.807) is 0 Å². The molecule has 1 aromatic heterocycles. The van der Waals surface area contributed by atoms with E-state index in [0.717, 1.165) is 23.8 Å². The first kappa shape index (κ1) is 13.4. The minimum atomic E-state index is 0.404. The van der Waals surface area contributed by atoms with E-state index in [1.165, 1.54) is 69.4 Å². The molecule has 6 saturated carbocycles. The smallest absolute Gasteiger partial charge is 0.139 e. The number of hydrogen-bond donors (Lipinski definition) is 0. The minimum Gasteiger partial charge on any atom is -0.311 e. The normalized spacial score (nSPS) is 46.3. The summed E-state index contributed by atoms with van der Waals surface area (Å²) in [4.78, 5) is 0. The van der Waals surface area contributed by atoms with E-state index < -0.39 is 0 Å². The summed E-state index contributed by atoms with van der Waals surface area (Å²) in [6, 6.07) is 0.736. The van der Waals surface area contributed by atoms with E-state index in [1.807, 2.05) is 0 Å². The van der Waals surface area contributed by atoms with Crippen molar-refractivity contribution in [1.29, 1.82) is 0 Å². The van der Waals surface area contributed by atoms with Crippen molar-refractivity contribution >= 4 is 0 Å². The molecule has 0 unspecified atom stereocenters. The maximum Gasteiger partial charge on any atom is 0.139 e. The van der Waals surface area contributed by atoms with Gasteiger partial charge in [-0.1, -0.05) is 13.8 Å². The van der Waals surface area contributed by atoms with Crippen molar-refractivity contribution in [2.24, 2.45) is 23.2 Å². The molecule has 0 amide bonds. The molecule has 0 aliphatic heterocycles. The van der Waals surface area contributed by atoms with Crippen LogP contribution in [0.1, 0.15) is 95.2 Å². The van der Waals surface area contributed by atoms with Gasteiger partial charge in [-0.15, -0.1) is 10.2 Å². The molecule has 23 heavy (non-hydrogen) atoms. The van der Waals surface area contributed by atoms with Crippen molar-refractivity contribution in [2.75, 3.05) is 0 Å². The van der Waals surface area contributed by atoms with E-state index in [0.29, 0.717) is 16.7 Å². The Morgan fingerprint density at radius 1 is 0.870 bits per heavy atom. The summed E-state index contributed by atoms with van der Waals surface area (Å²) in [5, 5.41) is 9.71. The highest BCUT2D eigenvalue weighted by Gasteiger charge is 2.56. The van der Waals surface area contributed by atoms with Crippen LogP contribution in [0, 0.1) is 23.2 Å². The number of aromatic nitrogens is 3. The van der Waals surface area contributed by atoms with Crippen LogP contribution in [-0.4, -0.2) is 14.8 Å². The van der Waals surface area contributed by atoms with Crippen LogP contribution in [0.5, 0.6) is 0 Å². The lowest BCUT2D eigenvalue weighted by atomic mass is 9.49. The zero-order valence-corrected chi connectivity index (χ0v) is 14.6. The first-order valence-corrected chi connectivity index (χ1v) is 9.99. The van der Waals surface area contributed by atoms with E-state index in [-0.39, 0.29) is 0 Å². The fourth-order valence-corrected chi connectivity index (χ4v) is 6.89. The van der Waals surface area contributed by atoms with Gasteiger partial charge < -0.3 is 4.57 Å². The van der Waals surface area contributed by atoms with Gasteiger partial charge in [-0.05, 0) is 81.0 Å². The first-order chi connectivity index (χ1) is 11.0. The molecule has 4 bridgehead atoms. The Morgan fingerprint density at radius 3 is 1.91 bits per heavy atom. The lowest BCUT2D eigenvalue weighted by Crippen LogP contribution is -2.49. The maximum atomic E-state index is 4.91. The molecule has 6 aliphatic rings. The second kappa shape index (κ2) is 4.03. The van der Waals surface area contributed by atoms with E-state index in [9.17, 15) is 0 Å². The zero-order valence-electron chi connectivity index (χ0n) is 14.6. The van der Waals surface area contributed by atoms with Crippen molar-refractivity contribution in [2.45, 2.75) is 89.0 Å². The van der Waals surface area contributed by atoms with E-state index in [2.05, 4.69) is 18.4 Å². The van der Waals surface area contributed by atoms with Gasteiger partial charge in [-0.2, -0.15) is 0 Å². The monoisotopic (exact) mass is 311 g/mol. The van der Waals surface area contributed by atoms with Crippen LogP contribution in [0.3, 0.4) is 0 Å². The Balaban J connectivity index is 1.45. The highest BCUT2D eigenvalue weighted by molar-refractivity contribution is 5.25. The predicted octanol–water partition coefficient (Wildman–Crippen LogP) is 4.59. The predicted molar refractivity (Wildman–Crippen MR) is 89.3 cm³/mol. The molecule has 1 aromatic rings. The fraction of sp³-hybridized carbons (Fsp3) is 0.900. The van der Waals surface area contributed by atoms with Gasteiger partial charge in [0.05, 0.1) is 0 Å². The van der Waals surface area contributed by atoms with Gasteiger partial charge in [0.25, 0.3) is 0 Å². The average molecular weight is 311 g/mol. The van der Waals surface area contributed by atoms with Crippen LogP contribution < -0.4 is 0 Å². The summed E-state index contributed by atoms with van der Waals surface area (Å²) < 4.78 is 2.67. The van der Waals surface area contributed by atoms with Crippen LogP contribution >= 0.6 is 0 Å². The number of nitrogens with zero attached hydrogens (tertiary/aromatic N) is 3. The van der Waals surface area contributed by atoms with Gasteiger partial charge in [0.2, 0.25) is 0 Å². The molecule has 6 aliphatic carbocycles. The van der Waals surface area contributed by atoms with E-state index >= 15 is 0 Å². The molecule has 1 heterocycles. The van der Waals surface area contributed by atoms with Gasteiger partial charge in [0, 0.05) is 17.4 Å². The summed E-state index contributed by atoms with van der Waals surface area (Å²) in [5.74, 6) is 6.42. The molecule has 7 rings (SSSR count). The van der Waals surface area contributed by atoms with Crippen molar-refractivity contribution in [3.63, 3.8) is 0 Å². The summed E-state index contributed by atoms with van der Waals surface area (Å²) in [5.41, 5.74) is 0.861. The molecular formula is C20H29N3. The third kappa shape index (κ3) is 1.83. The van der Waals surface area contributed by atoms with Crippen LogP contribution in [0.25, 0.3) is 0 Å². The van der Waals surface area contributed by atoms with Gasteiger partial charge in [-0.3, -0.25) is 0 Å². The lowest BCUT2D eigenvalue weighted by molar-refractivity contribution is -0.0113. The highest BCUT2D eigenvalue weighted by Crippen LogP contribution is 2.63. The van der Waals surface area contributed by atoms with Gasteiger partial charge in [0.1, 0.15) is 11.6 Å². The SMILES string of the molecule is CC1(C)C[C@@H]1c1nnc(C23CC4CC(CC(C4)C2)C3)n1C1CC1. The molecular weight excluding hydrogens is 282 g/mol. The van der Waals surface area contributed by atoms with Crippen molar-refractivity contribution in [3.05, 3.63) is 11.6 Å². The summed E-state index contributed by atoms with van der Waals surface area (Å²) in [7, 11) is 0. The Morgan fingerprint density at radius 2 is 1.43 bits per heavy atom. The maximum absolute atomic E-state index is 4.91. The Labute approximate surface area is 139 Å². The molecule has 1 atom stereocenters. The molecule has 0 saturated heterocycles. The minimum absolute atomic E-state index is 0.404.